The molecular weight excluding hydrogens is 342 g/mol. The van der Waals surface area contributed by atoms with Crippen LogP contribution in [0.15, 0.2) is 18.2 Å². The van der Waals surface area contributed by atoms with Crippen molar-refractivity contribution < 1.29 is 19.1 Å². The van der Waals surface area contributed by atoms with Crippen molar-refractivity contribution in [2.75, 3.05) is 25.3 Å². The molecule has 0 aromatic heterocycles. The number of rotatable bonds is 8. The molecule has 2 unspecified atom stereocenters. The van der Waals surface area contributed by atoms with E-state index in [1.54, 1.807) is 25.3 Å². The zero-order chi connectivity index (χ0) is 18.2. The summed E-state index contributed by atoms with van der Waals surface area (Å²) in [6.07, 6.45) is 2.44. The van der Waals surface area contributed by atoms with Gasteiger partial charge in [-0.3, -0.25) is 14.9 Å². The van der Waals surface area contributed by atoms with E-state index >= 15 is 0 Å². The maximum Gasteiger partial charge on any atom is 0.234 e. The van der Waals surface area contributed by atoms with Gasteiger partial charge in [-0.15, -0.1) is 11.8 Å². The van der Waals surface area contributed by atoms with E-state index in [9.17, 15) is 9.59 Å². The lowest BCUT2D eigenvalue weighted by Gasteiger charge is -2.30. The minimum absolute atomic E-state index is 0.0203. The lowest BCUT2D eigenvalue weighted by atomic mass is 10.1. The van der Waals surface area contributed by atoms with Crippen LogP contribution in [0.25, 0.3) is 0 Å². The predicted molar refractivity (Wildman–Crippen MR) is 99.0 cm³/mol. The summed E-state index contributed by atoms with van der Waals surface area (Å²) in [5, 5.41) is 9.02. The number of hydrogen-bond acceptors (Lipinski definition) is 6. The Hall–Kier alpha value is -1.93. The highest BCUT2D eigenvalue weighted by atomic mass is 32.2. The first-order valence-electron chi connectivity index (χ1n) is 8.24. The van der Waals surface area contributed by atoms with Gasteiger partial charge in [0.2, 0.25) is 11.8 Å². The standard InChI is InChI=1S/C17H25N3O4S/c1-4-5-11-8-15(21)20-17(18-11)25-10-16(22)19-13-7-6-12(23-2)9-14(13)24-3/h6-7,9,11,17-18H,4-5,8,10H2,1-3H3,(H,19,22)(H,20,21). The number of nitrogens with one attached hydrogen (secondary N) is 3. The molecule has 8 heteroatoms. The van der Waals surface area contributed by atoms with Gasteiger partial charge in [0.05, 0.1) is 25.7 Å². The third-order valence-electron chi connectivity index (χ3n) is 3.81. The molecule has 138 valence electrons. The smallest absolute Gasteiger partial charge is 0.234 e. The van der Waals surface area contributed by atoms with Gasteiger partial charge in [0.1, 0.15) is 17.0 Å². The Morgan fingerprint density at radius 3 is 2.84 bits per heavy atom. The zero-order valence-corrected chi connectivity index (χ0v) is 15.6. The lowest BCUT2D eigenvalue weighted by molar-refractivity contribution is -0.123. The second kappa shape index (κ2) is 9.53. The molecule has 25 heavy (non-hydrogen) atoms. The van der Waals surface area contributed by atoms with Crippen molar-refractivity contribution in [2.24, 2.45) is 0 Å². The maximum atomic E-state index is 12.2. The summed E-state index contributed by atoms with van der Waals surface area (Å²) < 4.78 is 10.4. The van der Waals surface area contributed by atoms with Crippen LogP contribution in [0, 0.1) is 0 Å². The second-order valence-electron chi connectivity index (χ2n) is 5.73. The summed E-state index contributed by atoms with van der Waals surface area (Å²) in [7, 11) is 3.11. The van der Waals surface area contributed by atoms with Crippen LogP contribution in [0.2, 0.25) is 0 Å². The summed E-state index contributed by atoms with van der Waals surface area (Å²) in [5.74, 6) is 1.26. The number of amides is 2. The first kappa shape index (κ1) is 19.4. The zero-order valence-electron chi connectivity index (χ0n) is 14.8. The van der Waals surface area contributed by atoms with Crippen LogP contribution in [-0.2, 0) is 9.59 Å². The summed E-state index contributed by atoms with van der Waals surface area (Å²) in [6.45, 7) is 2.09. The van der Waals surface area contributed by atoms with Gasteiger partial charge in [-0.2, -0.15) is 0 Å². The van der Waals surface area contributed by atoms with Gasteiger partial charge in [0, 0.05) is 18.5 Å². The van der Waals surface area contributed by atoms with Crippen LogP contribution in [0.1, 0.15) is 26.2 Å². The molecule has 1 aromatic rings. The molecule has 7 nitrogen and oxygen atoms in total. The third kappa shape index (κ3) is 5.82. The summed E-state index contributed by atoms with van der Waals surface area (Å²) in [5.41, 5.74) is 0.333. The lowest BCUT2D eigenvalue weighted by Crippen LogP contribution is -2.54. The molecule has 0 aliphatic carbocycles. The molecule has 1 aliphatic heterocycles. The molecule has 1 fully saturated rings. The van der Waals surface area contributed by atoms with Gasteiger partial charge in [-0.1, -0.05) is 13.3 Å². The van der Waals surface area contributed by atoms with Crippen LogP contribution >= 0.6 is 11.8 Å². The molecule has 3 N–H and O–H groups in total. The van der Waals surface area contributed by atoms with Crippen LogP contribution in [0.4, 0.5) is 5.69 Å². The van der Waals surface area contributed by atoms with Gasteiger partial charge < -0.3 is 20.1 Å². The van der Waals surface area contributed by atoms with Gasteiger partial charge in [0.15, 0.2) is 0 Å². The normalized spacial score (nSPS) is 19.9. The predicted octanol–water partition coefficient (Wildman–Crippen LogP) is 1.94. The summed E-state index contributed by atoms with van der Waals surface area (Å²) in [6, 6.07) is 5.36. The molecule has 1 aromatic carbocycles. The number of ether oxygens (including phenoxy) is 2. The van der Waals surface area contributed by atoms with Gasteiger partial charge in [0.25, 0.3) is 0 Å². The van der Waals surface area contributed by atoms with Gasteiger partial charge in [-0.05, 0) is 18.6 Å². The number of hydrogen-bond donors (Lipinski definition) is 3. The Morgan fingerprint density at radius 1 is 1.36 bits per heavy atom. The molecule has 0 radical (unpaired) electrons. The Kier molecular flexibility index (Phi) is 7.39. The van der Waals surface area contributed by atoms with E-state index in [1.807, 2.05) is 0 Å². The number of carbonyl (C=O) groups is 2. The SMILES string of the molecule is CCCC1CC(=O)NC(SCC(=O)Nc2ccc(OC)cc2OC)N1. The van der Waals surface area contributed by atoms with Gasteiger partial charge in [-0.25, -0.2) is 0 Å². The summed E-state index contributed by atoms with van der Waals surface area (Å²) in [4.78, 5) is 24.0. The topological polar surface area (TPSA) is 88.7 Å². The highest BCUT2D eigenvalue weighted by Crippen LogP contribution is 2.29. The molecule has 1 aliphatic rings. The molecule has 2 amide bonds. The average Bonchev–Trinajstić information content (AvgIpc) is 2.60. The fourth-order valence-electron chi connectivity index (χ4n) is 2.61. The van der Waals surface area contributed by atoms with E-state index in [4.69, 9.17) is 9.47 Å². The van der Waals surface area contributed by atoms with Crippen molar-refractivity contribution in [3.8, 4) is 11.5 Å². The third-order valence-corrected chi connectivity index (χ3v) is 4.83. The van der Waals surface area contributed by atoms with E-state index in [0.717, 1.165) is 12.8 Å². The number of methoxy groups -OCH3 is 2. The number of benzene rings is 1. The van der Waals surface area contributed by atoms with Crippen LogP contribution < -0.4 is 25.4 Å². The van der Waals surface area contributed by atoms with E-state index in [0.29, 0.717) is 23.6 Å². The Labute approximate surface area is 152 Å². The Morgan fingerprint density at radius 2 is 2.16 bits per heavy atom. The van der Waals surface area contributed by atoms with E-state index < -0.39 is 0 Å². The van der Waals surface area contributed by atoms with Gasteiger partial charge >= 0.3 is 0 Å². The fourth-order valence-corrected chi connectivity index (χ4v) is 3.51. The summed E-state index contributed by atoms with van der Waals surface area (Å²) >= 11 is 1.36. The van der Waals surface area contributed by atoms with E-state index in [2.05, 4.69) is 22.9 Å². The molecule has 1 heterocycles. The van der Waals surface area contributed by atoms with Crippen molar-refractivity contribution in [1.29, 1.82) is 0 Å². The number of thioether (sulfide) groups is 1. The molecule has 1 saturated heterocycles. The van der Waals surface area contributed by atoms with Crippen LogP contribution in [0.5, 0.6) is 11.5 Å². The first-order valence-corrected chi connectivity index (χ1v) is 9.29. The minimum Gasteiger partial charge on any atom is -0.497 e. The number of carbonyl (C=O) groups excluding carboxylic acids is 2. The molecule has 0 spiro atoms. The monoisotopic (exact) mass is 367 g/mol. The Bertz CT molecular complexity index is 612. The van der Waals surface area contributed by atoms with Crippen molar-refractivity contribution in [2.45, 2.75) is 37.7 Å². The Balaban J connectivity index is 1.87. The van der Waals surface area contributed by atoms with Crippen LogP contribution in [0.3, 0.4) is 0 Å². The molecule has 2 rings (SSSR count). The minimum atomic E-state index is -0.249. The van der Waals surface area contributed by atoms with Crippen molar-refractivity contribution in [3.05, 3.63) is 18.2 Å². The molecule has 0 bridgehead atoms. The molecule has 0 saturated carbocycles. The first-order chi connectivity index (χ1) is 12.0. The quantitative estimate of drug-likeness (QED) is 0.651. The van der Waals surface area contributed by atoms with Crippen molar-refractivity contribution >= 4 is 29.3 Å². The molecular formula is C17H25N3O4S. The largest absolute Gasteiger partial charge is 0.497 e. The second-order valence-corrected chi connectivity index (χ2v) is 6.82. The number of anilines is 1. The van der Waals surface area contributed by atoms with E-state index in [1.165, 1.54) is 18.9 Å². The highest BCUT2D eigenvalue weighted by Gasteiger charge is 2.25. The molecule has 2 atom stereocenters. The van der Waals surface area contributed by atoms with Crippen LogP contribution in [-0.4, -0.2) is 43.3 Å². The average molecular weight is 367 g/mol. The van der Waals surface area contributed by atoms with Crippen molar-refractivity contribution in [3.63, 3.8) is 0 Å². The maximum absolute atomic E-state index is 12.2. The fraction of sp³-hybridized carbons (Fsp3) is 0.529. The van der Waals surface area contributed by atoms with E-state index in [-0.39, 0.29) is 29.1 Å². The van der Waals surface area contributed by atoms with Crippen molar-refractivity contribution in [1.82, 2.24) is 10.6 Å². The highest BCUT2D eigenvalue weighted by molar-refractivity contribution is 8.00.